The Hall–Kier alpha value is -2.42. The molecule has 0 unspecified atom stereocenters. The van der Waals surface area contributed by atoms with Gasteiger partial charge in [-0.15, -0.1) is 0 Å². The highest BCUT2D eigenvalue weighted by atomic mass is 19.4. The number of alkyl halides is 3. The van der Waals surface area contributed by atoms with Crippen molar-refractivity contribution in [3.8, 4) is 11.6 Å². The van der Waals surface area contributed by atoms with Crippen LogP contribution >= 0.6 is 0 Å². The first kappa shape index (κ1) is 18.4. The number of piperidine rings is 1. The lowest BCUT2D eigenvalue weighted by Crippen LogP contribution is -2.37. The van der Waals surface area contributed by atoms with Crippen molar-refractivity contribution < 1.29 is 22.3 Å². The maximum absolute atomic E-state index is 13.3. The maximum Gasteiger partial charge on any atom is 0.433 e. The summed E-state index contributed by atoms with van der Waals surface area (Å²) < 4.78 is 58.2. The lowest BCUT2D eigenvalue weighted by molar-refractivity contribution is -0.141. The molecule has 1 fully saturated rings. The zero-order valence-electron chi connectivity index (χ0n) is 13.8. The van der Waals surface area contributed by atoms with Crippen LogP contribution in [-0.2, 0) is 6.18 Å². The van der Waals surface area contributed by atoms with E-state index in [1.165, 1.54) is 18.2 Å². The second-order valence-corrected chi connectivity index (χ2v) is 6.11. The minimum atomic E-state index is -4.65. The van der Waals surface area contributed by atoms with Crippen molar-refractivity contribution in [1.29, 1.82) is 0 Å². The van der Waals surface area contributed by atoms with Gasteiger partial charge in [0.15, 0.2) is 5.69 Å². The van der Waals surface area contributed by atoms with E-state index in [0.717, 1.165) is 18.9 Å². The van der Waals surface area contributed by atoms with E-state index in [0.29, 0.717) is 31.6 Å². The highest BCUT2D eigenvalue weighted by molar-refractivity contribution is 5.37. The minimum absolute atomic E-state index is 0.0540. The fraction of sp³-hybridized carbons (Fsp3) is 0.412. The van der Waals surface area contributed by atoms with Crippen LogP contribution in [0.25, 0.3) is 0 Å². The first-order valence-electron chi connectivity index (χ1n) is 8.20. The van der Waals surface area contributed by atoms with Gasteiger partial charge in [0, 0.05) is 25.2 Å². The molecular weight excluding hydrogens is 352 g/mol. The summed E-state index contributed by atoms with van der Waals surface area (Å²) in [6.45, 7) is 1.58. The van der Waals surface area contributed by atoms with E-state index in [1.54, 1.807) is 4.90 Å². The van der Waals surface area contributed by atoms with Crippen molar-refractivity contribution in [1.82, 2.24) is 9.97 Å². The van der Waals surface area contributed by atoms with Gasteiger partial charge in [-0.05, 0) is 37.4 Å². The number of hydrogen-bond donors (Lipinski definition) is 1. The molecule has 1 aromatic heterocycles. The van der Waals surface area contributed by atoms with E-state index in [9.17, 15) is 17.6 Å². The Balaban J connectivity index is 1.89. The molecule has 1 aliphatic heterocycles. The zero-order chi connectivity index (χ0) is 18.7. The molecule has 2 heterocycles. The van der Waals surface area contributed by atoms with Crippen molar-refractivity contribution in [2.75, 3.05) is 24.5 Å². The van der Waals surface area contributed by atoms with Gasteiger partial charge in [0.2, 0.25) is 11.8 Å². The van der Waals surface area contributed by atoms with Gasteiger partial charge in [-0.1, -0.05) is 6.07 Å². The molecule has 140 valence electrons. The average Bonchev–Trinajstić information content (AvgIpc) is 2.61. The Labute approximate surface area is 147 Å². The fourth-order valence-electron chi connectivity index (χ4n) is 2.77. The fourth-order valence-corrected chi connectivity index (χ4v) is 2.77. The van der Waals surface area contributed by atoms with Crippen LogP contribution in [0.2, 0.25) is 0 Å². The van der Waals surface area contributed by atoms with E-state index in [-0.39, 0.29) is 17.6 Å². The number of hydrogen-bond acceptors (Lipinski definition) is 5. The molecule has 5 nitrogen and oxygen atoms in total. The van der Waals surface area contributed by atoms with E-state index in [1.807, 2.05) is 0 Å². The third-order valence-electron chi connectivity index (χ3n) is 4.23. The number of benzene rings is 1. The molecule has 2 N–H and O–H groups in total. The third-order valence-corrected chi connectivity index (χ3v) is 4.23. The molecule has 0 radical (unpaired) electrons. The van der Waals surface area contributed by atoms with Crippen LogP contribution in [0.5, 0.6) is 11.6 Å². The van der Waals surface area contributed by atoms with Crippen LogP contribution in [0, 0.1) is 11.7 Å². The van der Waals surface area contributed by atoms with Crippen LogP contribution in [0.3, 0.4) is 0 Å². The molecule has 1 saturated heterocycles. The number of nitrogens with two attached hydrogens (primary N) is 1. The maximum atomic E-state index is 13.3. The zero-order valence-corrected chi connectivity index (χ0v) is 13.8. The Morgan fingerprint density at radius 3 is 2.50 bits per heavy atom. The smallest absolute Gasteiger partial charge is 0.433 e. The van der Waals surface area contributed by atoms with Gasteiger partial charge in [-0.25, -0.2) is 9.37 Å². The Morgan fingerprint density at radius 2 is 1.88 bits per heavy atom. The second kappa shape index (κ2) is 7.45. The SMILES string of the molecule is NCC1CCN(c2nc(Oc3cccc(F)c3)cc(C(F)(F)F)n2)CC1. The van der Waals surface area contributed by atoms with Crippen molar-refractivity contribution in [3.63, 3.8) is 0 Å². The standard InChI is InChI=1S/C17H18F4N4O/c18-12-2-1-3-13(8-12)26-15-9-14(17(19,20)21)23-16(24-15)25-6-4-11(10-22)5-7-25/h1-3,8-9,11H,4-7,10,22H2. The van der Waals surface area contributed by atoms with Crippen molar-refractivity contribution >= 4 is 5.95 Å². The summed E-state index contributed by atoms with van der Waals surface area (Å²) in [6.07, 6.45) is -3.13. The Morgan fingerprint density at radius 1 is 1.15 bits per heavy atom. The average molecular weight is 370 g/mol. The molecule has 1 aliphatic rings. The van der Waals surface area contributed by atoms with Gasteiger partial charge in [0.25, 0.3) is 0 Å². The summed E-state index contributed by atoms with van der Waals surface area (Å²) in [7, 11) is 0. The highest BCUT2D eigenvalue weighted by Crippen LogP contribution is 2.33. The first-order chi connectivity index (χ1) is 12.3. The molecule has 0 bridgehead atoms. The number of halogens is 4. The van der Waals surface area contributed by atoms with Gasteiger partial charge in [-0.2, -0.15) is 18.2 Å². The van der Waals surface area contributed by atoms with Gasteiger partial charge in [-0.3, -0.25) is 0 Å². The Kier molecular flexibility index (Phi) is 5.26. The van der Waals surface area contributed by atoms with Gasteiger partial charge in [0.1, 0.15) is 11.6 Å². The number of ether oxygens (including phenoxy) is 1. The summed E-state index contributed by atoms with van der Waals surface area (Å²) >= 11 is 0. The van der Waals surface area contributed by atoms with Crippen LogP contribution in [0.15, 0.2) is 30.3 Å². The summed E-state index contributed by atoms with van der Waals surface area (Å²) in [5, 5.41) is 0. The first-order valence-corrected chi connectivity index (χ1v) is 8.20. The number of aromatic nitrogens is 2. The van der Waals surface area contributed by atoms with E-state index in [2.05, 4.69) is 9.97 Å². The monoisotopic (exact) mass is 370 g/mol. The third kappa shape index (κ3) is 4.40. The van der Waals surface area contributed by atoms with Crippen molar-refractivity contribution in [2.45, 2.75) is 19.0 Å². The molecule has 3 rings (SSSR count). The normalized spacial score (nSPS) is 16.0. The summed E-state index contributed by atoms with van der Waals surface area (Å²) in [5.74, 6) is -0.489. The number of anilines is 1. The largest absolute Gasteiger partial charge is 0.439 e. The lowest BCUT2D eigenvalue weighted by Gasteiger charge is -2.31. The van der Waals surface area contributed by atoms with Crippen LogP contribution in [0.1, 0.15) is 18.5 Å². The Bertz CT molecular complexity index is 761. The van der Waals surface area contributed by atoms with Gasteiger partial charge >= 0.3 is 6.18 Å². The highest BCUT2D eigenvalue weighted by Gasteiger charge is 2.35. The van der Waals surface area contributed by atoms with Crippen molar-refractivity contribution in [3.05, 3.63) is 41.8 Å². The molecule has 0 spiro atoms. The van der Waals surface area contributed by atoms with Gasteiger partial charge in [0.05, 0.1) is 0 Å². The molecule has 0 aliphatic carbocycles. The second-order valence-electron chi connectivity index (χ2n) is 6.11. The van der Waals surface area contributed by atoms with Gasteiger partial charge < -0.3 is 15.4 Å². The van der Waals surface area contributed by atoms with E-state index < -0.39 is 17.7 Å². The predicted octanol–water partition coefficient (Wildman–Crippen LogP) is 3.60. The molecule has 0 saturated carbocycles. The van der Waals surface area contributed by atoms with E-state index >= 15 is 0 Å². The molecule has 26 heavy (non-hydrogen) atoms. The number of rotatable bonds is 4. The van der Waals surface area contributed by atoms with Crippen molar-refractivity contribution in [2.24, 2.45) is 11.7 Å². The minimum Gasteiger partial charge on any atom is -0.439 e. The topological polar surface area (TPSA) is 64.3 Å². The molecule has 0 amide bonds. The quantitative estimate of drug-likeness (QED) is 0.833. The van der Waals surface area contributed by atoms with Crippen LogP contribution in [0.4, 0.5) is 23.5 Å². The predicted molar refractivity (Wildman–Crippen MR) is 87.5 cm³/mol. The summed E-state index contributed by atoms with van der Waals surface area (Å²) in [5.41, 5.74) is 4.54. The molecular formula is C17H18F4N4O. The number of nitrogens with zero attached hydrogens (tertiary/aromatic N) is 3. The summed E-state index contributed by atoms with van der Waals surface area (Å²) in [4.78, 5) is 9.41. The van der Waals surface area contributed by atoms with E-state index in [4.69, 9.17) is 10.5 Å². The summed E-state index contributed by atoms with van der Waals surface area (Å²) in [6, 6.07) is 5.82. The van der Waals surface area contributed by atoms with Crippen LogP contribution < -0.4 is 15.4 Å². The molecule has 9 heteroatoms. The molecule has 1 aromatic carbocycles. The molecule has 2 aromatic rings. The lowest BCUT2D eigenvalue weighted by atomic mass is 9.97. The van der Waals surface area contributed by atoms with Crippen LogP contribution in [-0.4, -0.2) is 29.6 Å². The molecule has 0 atom stereocenters.